The maximum Gasteiger partial charge on any atom is 0.0422 e. The highest BCUT2D eigenvalue weighted by Crippen LogP contribution is 2.22. The fourth-order valence-electron chi connectivity index (χ4n) is 1.80. The first-order valence-corrected chi connectivity index (χ1v) is 6.78. The highest BCUT2D eigenvalue weighted by Gasteiger charge is 2.09. The molecule has 0 aliphatic heterocycles. The van der Waals surface area contributed by atoms with Crippen LogP contribution >= 0.6 is 15.9 Å². The maximum atomic E-state index is 6.22. The largest absolute Gasteiger partial charge is 0.324 e. The normalized spacial score (nSPS) is 12.4. The zero-order valence-corrected chi connectivity index (χ0v) is 12.2. The van der Waals surface area contributed by atoms with Crippen molar-refractivity contribution in [1.82, 2.24) is 4.98 Å². The van der Waals surface area contributed by atoms with Gasteiger partial charge in [-0.15, -0.1) is 0 Å². The maximum absolute atomic E-state index is 6.22. The van der Waals surface area contributed by atoms with Crippen LogP contribution in [0.5, 0.6) is 0 Å². The second-order valence-electron chi connectivity index (χ2n) is 4.65. The number of pyridine rings is 1. The standard InChI is InChI=1S/C15H17BrN2/c1-10-3-6-13(18-9-10)8-15(17)12-5-4-11(2)14(16)7-12/h3-7,9,15H,8,17H2,1-2H3. The molecule has 1 aromatic heterocycles. The fourth-order valence-corrected chi connectivity index (χ4v) is 2.20. The van der Waals surface area contributed by atoms with Crippen LogP contribution in [0.4, 0.5) is 0 Å². The van der Waals surface area contributed by atoms with Crippen LogP contribution in [-0.4, -0.2) is 4.98 Å². The highest BCUT2D eigenvalue weighted by molar-refractivity contribution is 9.10. The Bertz CT molecular complexity index is 535. The molecule has 1 aromatic carbocycles. The molecule has 0 aliphatic carbocycles. The average Bonchev–Trinajstić information content (AvgIpc) is 2.35. The summed E-state index contributed by atoms with van der Waals surface area (Å²) < 4.78 is 1.10. The van der Waals surface area contributed by atoms with Gasteiger partial charge in [0.1, 0.15) is 0 Å². The first-order valence-electron chi connectivity index (χ1n) is 5.99. The number of aromatic nitrogens is 1. The summed E-state index contributed by atoms with van der Waals surface area (Å²) in [6.07, 6.45) is 2.64. The van der Waals surface area contributed by atoms with Crippen molar-refractivity contribution in [2.24, 2.45) is 5.73 Å². The van der Waals surface area contributed by atoms with Gasteiger partial charge in [0.25, 0.3) is 0 Å². The van der Waals surface area contributed by atoms with Crippen LogP contribution in [0.3, 0.4) is 0 Å². The number of rotatable bonds is 3. The molecule has 0 spiro atoms. The van der Waals surface area contributed by atoms with Crippen molar-refractivity contribution >= 4 is 15.9 Å². The quantitative estimate of drug-likeness (QED) is 0.939. The van der Waals surface area contributed by atoms with E-state index in [9.17, 15) is 0 Å². The summed E-state index contributed by atoms with van der Waals surface area (Å²) in [6.45, 7) is 4.11. The van der Waals surface area contributed by atoms with E-state index in [2.05, 4.69) is 52.1 Å². The summed E-state index contributed by atoms with van der Waals surface area (Å²) in [7, 11) is 0. The van der Waals surface area contributed by atoms with E-state index in [4.69, 9.17) is 5.73 Å². The number of nitrogens with two attached hydrogens (primary N) is 1. The minimum Gasteiger partial charge on any atom is -0.324 e. The zero-order valence-electron chi connectivity index (χ0n) is 10.7. The van der Waals surface area contributed by atoms with Crippen molar-refractivity contribution < 1.29 is 0 Å². The minimum absolute atomic E-state index is 0.0166. The van der Waals surface area contributed by atoms with E-state index >= 15 is 0 Å². The Hall–Kier alpha value is -1.19. The van der Waals surface area contributed by atoms with Crippen LogP contribution in [0.25, 0.3) is 0 Å². The SMILES string of the molecule is Cc1ccc(CC(N)c2ccc(C)c(Br)c2)nc1. The zero-order chi connectivity index (χ0) is 13.1. The summed E-state index contributed by atoms with van der Waals surface area (Å²) in [5.74, 6) is 0. The lowest BCUT2D eigenvalue weighted by Gasteiger charge is -2.13. The summed E-state index contributed by atoms with van der Waals surface area (Å²) >= 11 is 3.54. The van der Waals surface area contributed by atoms with Gasteiger partial charge < -0.3 is 5.73 Å². The van der Waals surface area contributed by atoms with Gasteiger partial charge in [0.15, 0.2) is 0 Å². The third-order valence-electron chi connectivity index (χ3n) is 3.03. The third kappa shape index (κ3) is 3.18. The lowest BCUT2D eigenvalue weighted by atomic mass is 10.0. The van der Waals surface area contributed by atoms with E-state index in [0.29, 0.717) is 0 Å². The number of hydrogen-bond donors (Lipinski definition) is 1. The topological polar surface area (TPSA) is 38.9 Å². The van der Waals surface area contributed by atoms with Crippen molar-refractivity contribution in [3.63, 3.8) is 0 Å². The van der Waals surface area contributed by atoms with Crippen LogP contribution in [0.15, 0.2) is 41.0 Å². The Labute approximate surface area is 116 Å². The number of aryl methyl sites for hydroxylation is 2. The number of benzene rings is 1. The van der Waals surface area contributed by atoms with E-state index in [1.54, 1.807) is 0 Å². The van der Waals surface area contributed by atoms with E-state index in [0.717, 1.165) is 22.2 Å². The molecule has 0 radical (unpaired) electrons. The molecular formula is C15H17BrN2. The van der Waals surface area contributed by atoms with Gasteiger partial charge in [0, 0.05) is 28.8 Å². The monoisotopic (exact) mass is 304 g/mol. The van der Waals surface area contributed by atoms with Gasteiger partial charge in [-0.3, -0.25) is 4.98 Å². The van der Waals surface area contributed by atoms with Gasteiger partial charge in [-0.1, -0.05) is 34.1 Å². The smallest absolute Gasteiger partial charge is 0.0422 e. The Morgan fingerprint density at radius 2 is 2.00 bits per heavy atom. The predicted molar refractivity (Wildman–Crippen MR) is 78.5 cm³/mol. The van der Waals surface area contributed by atoms with Crippen LogP contribution in [0.2, 0.25) is 0 Å². The summed E-state index contributed by atoms with van der Waals surface area (Å²) in [5.41, 5.74) is 10.8. The molecule has 94 valence electrons. The van der Waals surface area contributed by atoms with Gasteiger partial charge in [-0.05, 0) is 42.7 Å². The van der Waals surface area contributed by atoms with E-state index < -0.39 is 0 Å². The molecule has 2 aromatic rings. The summed E-state index contributed by atoms with van der Waals surface area (Å²) in [6, 6.07) is 10.4. The molecule has 0 bridgehead atoms. The van der Waals surface area contributed by atoms with Crippen molar-refractivity contribution in [1.29, 1.82) is 0 Å². The first-order chi connectivity index (χ1) is 8.56. The van der Waals surface area contributed by atoms with Crippen molar-refractivity contribution in [3.05, 3.63) is 63.4 Å². The molecule has 1 atom stereocenters. The molecule has 18 heavy (non-hydrogen) atoms. The Morgan fingerprint density at radius 1 is 1.22 bits per heavy atom. The van der Waals surface area contributed by atoms with Crippen LogP contribution in [-0.2, 0) is 6.42 Å². The van der Waals surface area contributed by atoms with E-state index in [1.165, 1.54) is 11.1 Å². The van der Waals surface area contributed by atoms with Gasteiger partial charge in [0.2, 0.25) is 0 Å². The molecule has 0 saturated carbocycles. The number of nitrogens with zero attached hydrogens (tertiary/aromatic N) is 1. The van der Waals surface area contributed by atoms with Crippen molar-refractivity contribution in [2.45, 2.75) is 26.3 Å². The summed E-state index contributed by atoms with van der Waals surface area (Å²) in [4.78, 5) is 4.39. The van der Waals surface area contributed by atoms with E-state index in [1.807, 2.05) is 19.2 Å². The van der Waals surface area contributed by atoms with Gasteiger partial charge in [-0.25, -0.2) is 0 Å². The first kappa shape index (κ1) is 13.2. The third-order valence-corrected chi connectivity index (χ3v) is 3.88. The number of hydrogen-bond acceptors (Lipinski definition) is 2. The van der Waals surface area contributed by atoms with Gasteiger partial charge in [-0.2, -0.15) is 0 Å². The average molecular weight is 305 g/mol. The fraction of sp³-hybridized carbons (Fsp3) is 0.267. The molecule has 0 amide bonds. The molecule has 0 saturated heterocycles. The molecule has 2 N–H and O–H groups in total. The van der Waals surface area contributed by atoms with Gasteiger partial charge >= 0.3 is 0 Å². The molecule has 3 heteroatoms. The van der Waals surface area contributed by atoms with Crippen LogP contribution in [0, 0.1) is 13.8 Å². The van der Waals surface area contributed by atoms with E-state index in [-0.39, 0.29) is 6.04 Å². The summed E-state index contributed by atoms with van der Waals surface area (Å²) in [5, 5.41) is 0. The Morgan fingerprint density at radius 3 is 2.61 bits per heavy atom. The highest BCUT2D eigenvalue weighted by atomic mass is 79.9. The molecule has 0 fully saturated rings. The molecule has 1 unspecified atom stereocenters. The van der Waals surface area contributed by atoms with Crippen molar-refractivity contribution in [2.75, 3.05) is 0 Å². The second kappa shape index (κ2) is 5.63. The molecule has 1 heterocycles. The molecule has 2 nitrogen and oxygen atoms in total. The molecular weight excluding hydrogens is 288 g/mol. The van der Waals surface area contributed by atoms with Gasteiger partial charge in [0.05, 0.1) is 0 Å². The van der Waals surface area contributed by atoms with Crippen molar-refractivity contribution in [3.8, 4) is 0 Å². The second-order valence-corrected chi connectivity index (χ2v) is 5.50. The van der Waals surface area contributed by atoms with Crippen LogP contribution < -0.4 is 5.73 Å². The lowest BCUT2D eigenvalue weighted by molar-refractivity contribution is 0.705. The molecule has 0 aliphatic rings. The predicted octanol–water partition coefficient (Wildman–Crippen LogP) is 3.70. The lowest BCUT2D eigenvalue weighted by Crippen LogP contribution is -2.14. The minimum atomic E-state index is -0.0166. The molecule has 2 rings (SSSR count). The number of halogens is 1. The van der Waals surface area contributed by atoms with Crippen LogP contribution in [0.1, 0.15) is 28.4 Å². The Kier molecular flexibility index (Phi) is 4.15. The Balaban J connectivity index is 2.13.